The van der Waals surface area contributed by atoms with Gasteiger partial charge in [0.15, 0.2) is 0 Å². The van der Waals surface area contributed by atoms with Gasteiger partial charge in [0.2, 0.25) is 0 Å². The van der Waals surface area contributed by atoms with Gasteiger partial charge in [-0.1, -0.05) is 11.6 Å². The van der Waals surface area contributed by atoms with Gasteiger partial charge in [-0.2, -0.15) is 0 Å². The van der Waals surface area contributed by atoms with E-state index >= 15 is 0 Å². The molecule has 0 aromatic carbocycles. The molecule has 0 heterocycles. The number of ketones is 1. The Morgan fingerprint density at radius 2 is 2.00 bits per heavy atom. The average Bonchev–Trinajstić information content (AvgIpc) is 2.79. The van der Waals surface area contributed by atoms with Gasteiger partial charge in [-0.05, 0) is 43.6 Å². The van der Waals surface area contributed by atoms with Gasteiger partial charge < -0.3 is 5.11 Å². The van der Waals surface area contributed by atoms with Crippen molar-refractivity contribution in [3.63, 3.8) is 0 Å². The zero-order valence-electron chi connectivity index (χ0n) is 9.45. The molecule has 3 rings (SSSR count). The number of carbonyl (C=O) groups excluding carboxylic acids is 1. The van der Waals surface area contributed by atoms with E-state index in [4.69, 9.17) is 11.6 Å². The molecule has 0 amide bonds. The summed E-state index contributed by atoms with van der Waals surface area (Å²) in [6.07, 6.45) is 3.11. The van der Waals surface area contributed by atoms with Crippen LogP contribution in [0, 0.1) is 23.7 Å². The highest BCUT2D eigenvalue weighted by molar-refractivity contribution is 6.29. The molecule has 88 valence electrons. The minimum Gasteiger partial charge on any atom is -0.393 e. The summed E-state index contributed by atoms with van der Waals surface area (Å²) < 4.78 is 0. The number of fused-ring (bicyclic) bond motifs is 5. The molecular weight excluding hydrogens is 224 g/mol. The second-order valence-electron chi connectivity index (χ2n) is 5.45. The predicted octanol–water partition coefficient (Wildman–Crippen LogP) is 2.50. The number of allylic oxidation sites excluding steroid dienone is 2. The zero-order chi connectivity index (χ0) is 11.4. The van der Waals surface area contributed by atoms with Gasteiger partial charge in [0.1, 0.15) is 5.78 Å². The molecule has 0 aliphatic heterocycles. The van der Waals surface area contributed by atoms with Gasteiger partial charge in [-0.25, -0.2) is 0 Å². The van der Waals surface area contributed by atoms with Gasteiger partial charge in [-0.3, -0.25) is 4.79 Å². The molecule has 3 aliphatic rings. The molecule has 0 aromatic rings. The van der Waals surface area contributed by atoms with E-state index in [1.165, 1.54) is 5.57 Å². The van der Waals surface area contributed by atoms with Crippen LogP contribution in [-0.2, 0) is 4.79 Å². The van der Waals surface area contributed by atoms with Crippen LogP contribution in [0.15, 0.2) is 10.6 Å². The number of Topliss-reactive ketones (excluding diaryl/α,β-unsaturated/α-hetero) is 1. The summed E-state index contributed by atoms with van der Waals surface area (Å²) in [5, 5.41) is 11.0. The Bertz CT molecular complexity index is 370. The summed E-state index contributed by atoms with van der Waals surface area (Å²) in [7, 11) is 0. The fourth-order valence-corrected chi connectivity index (χ4v) is 4.62. The van der Waals surface area contributed by atoms with Crippen molar-refractivity contribution in [2.45, 2.75) is 38.7 Å². The van der Waals surface area contributed by atoms with E-state index in [1.807, 2.05) is 6.92 Å². The highest BCUT2D eigenvalue weighted by Gasteiger charge is 2.57. The maximum Gasteiger partial charge on any atom is 0.137 e. The standard InChI is InChI=1S/C13H17ClO2/c1-6(14)11-7-2-3-8(11)13-10(16)5-4-9(15)12(7)13/h7-9,12-13,15H,2-5H2,1H3/b11-6+/t7-,8+,9+,12+,13+/m1/s1. The third-order valence-electron chi connectivity index (χ3n) is 4.80. The molecule has 0 aromatic heterocycles. The lowest BCUT2D eigenvalue weighted by Gasteiger charge is -2.36. The molecule has 3 aliphatic carbocycles. The number of rotatable bonds is 0. The Morgan fingerprint density at radius 3 is 2.62 bits per heavy atom. The first-order chi connectivity index (χ1) is 7.61. The largest absolute Gasteiger partial charge is 0.393 e. The Labute approximate surface area is 101 Å². The van der Waals surface area contributed by atoms with Crippen LogP contribution in [0.4, 0.5) is 0 Å². The fourth-order valence-electron chi connectivity index (χ4n) is 4.34. The maximum absolute atomic E-state index is 12.0. The molecule has 3 heteroatoms. The highest BCUT2D eigenvalue weighted by atomic mass is 35.5. The molecule has 0 saturated heterocycles. The monoisotopic (exact) mass is 240 g/mol. The Morgan fingerprint density at radius 1 is 1.31 bits per heavy atom. The summed E-state index contributed by atoms with van der Waals surface area (Å²) in [4.78, 5) is 12.0. The second-order valence-corrected chi connectivity index (χ2v) is 6.02. The van der Waals surface area contributed by atoms with Crippen molar-refractivity contribution in [3.8, 4) is 0 Å². The number of hydrogen-bond acceptors (Lipinski definition) is 2. The number of aliphatic hydroxyl groups excluding tert-OH is 1. The summed E-state index contributed by atoms with van der Waals surface area (Å²) in [6, 6.07) is 0. The Kier molecular flexibility index (Phi) is 2.41. The minimum atomic E-state index is -0.288. The van der Waals surface area contributed by atoms with E-state index in [9.17, 15) is 9.90 Å². The van der Waals surface area contributed by atoms with Crippen molar-refractivity contribution < 1.29 is 9.90 Å². The molecule has 0 spiro atoms. The van der Waals surface area contributed by atoms with Crippen molar-refractivity contribution in [3.05, 3.63) is 10.6 Å². The topological polar surface area (TPSA) is 37.3 Å². The number of halogens is 1. The molecule has 0 unspecified atom stereocenters. The van der Waals surface area contributed by atoms with Crippen molar-refractivity contribution in [1.29, 1.82) is 0 Å². The first-order valence-electron chi connectivity index (χ1n) is 6.18. The summed E-state index contributed by atoms with van der Waals surface area (Å²) in [6.45, 7) is 1.93. The van der Waals surface area contributed by atoms with Gasteiger partial charge >= 0.3 is 0 Å². The fraction of sp³-hybridized carbons (Fsp3) is 0.769. The molecule has 1 N–H and O–H groups in total. The van der Waals surface area contributed by atoms with Crippen LogP contribution in [0.3, 0.4) is 0 Å². The Balaban J connectivity index is 2.04. The van der Waals surface area contributed by atoms with Crippen LogP contribution in [0.1, 0.15) is 32.6 Å². The van der Waals surface area contributed by atoms with Gasteiger partial charge in [0.25, 0.3) is 0 Å². The summed E-state index contributed by atoms with van der Waals surface area (Å²) in [5.41, 5.74) is 1.28. The molecule has 3 saturated carbocycles. The Hall–Kier alpha value is -0.340. The van der Waals surface area contributed by atoms with E-state index in [1.54, 1.807) is 0 Å². The van der Waals surface area contributed by atoms with Crippen LogP contribution in [-0.4, -0.2) is 17.0 Å². The molecule has 2 bridgehead atoms. The van der Waals surface area contributed by atoms with Crippen molar-refractivity contribution >= 4 is 17.4 Å². The normalized spacial score (nSPS) is 49.4. The molecule has 2 nitrogen and oxygen atoms in total. The SMILES string of the molecule is C/C(Cl)=C1/[C@H]2CC[C@@H]1[C@H]1C(=O)CC[C@H](O)[C@@H]12. The summed E-state index contributed by atoms with van der Waals surface area (Å²) in [5.74, 6) is 1.33. The van der Waals surface area contributed by atoms with Crippen LogP contribution in [0.5, 0.6) is 0 Å². The molecular formula is C13H17ClO2. The van der Waals surface area contributed by atoms with Gasteiger partial charge in [0.05, 0.1) is 6.10 Å². The molecule has 5 atom stereocenters. The molecule has 3 fully saturated rings. The first-order valence-corrected chi connectivity index (χ1v) is 6.56. The highest BCUT2D eigenvalue weighted by Crippen LogP contribution is 2.60. The van der Waals surface area contributed by atoms with Crippen LogP contribution >= 0.6 is 11.6 Å². The summed E-state index contributed by atoms with van der Waals surface area (Å²) >= 11 is 6.16. The lowest BCUT2D eigenvalue weighted by Crippen LogP contribution is -2.41. The van der Waals surface area contributed by atoms with E-state index < -0.39 is 0 Å². The molecule has 16 heavy (non-hydrogen) atoms. The first kappa shape index (κ1) is 10.8. The minimum absolute atomic E-state index is 0.0752. The predicted molar refractivity (Wildman–Crippen MR) is 62.0 cm³/mol. The van der Waals surface area contributed by atoms with E-state index in [2.05, 4.69) is 0 Å². The van der Waals surface area contributed by atoms with Crippen LogP contribution in [0.25, 0.3) is 0 Å². The number of carbonyl (C=O) groups is 1. The van der Waals surface area contributed by atoms with Crippen LogP contribution in [0.2, 0.25) is 0 Å². The third-order valence-corrected chi connectivity index (χ3v) is 5.02. The second kappa shape index (κ2) is 3.58. The van der Waals surface area contributed by atoms with Crippen LogP contribution < -0.4 is 0 Å². The van der Waals surface area contributed by atoms with E-state index in [0.29, 0.717) is 30.5 Å². The lowest BCUT2D eigenvalue weighted by atomic mass is 9.69. The van der Waals surface area contributed by atoms with Crippen molar-refractivity contribution in [2.24, 2.45) is 23.7 Å². The van der Waals surface area contributed by atoms with E-state index in [0.717, 1.165) is 17.9 Å². The third kappa shape index (κ3) is 1.26. The zero-order valence-corrected chi connectivity index (χ0v) is 10.2. The van der Waals surface area contributed by atoms with Crippen molar-refractivity contribution in [2.75, 3.05) is 0 Å². The van der Waals surface area contributed by atoms with Gasteiger partial charge in [-0.15, -0.1) is 0 Å². The smallest absolute Gasteiger partial charge is 0.137 e. The molecule has 0 radical (unpaired) electrons. The van der Waals surface area contributed by atoms with E-state index in [-0.39, 0.29) is 17.9 Å². The lowest BCUT2D eigenvalue weighted by molar-refractivity contribution is -0.133. The maximum atomic E-state index is 12.0. The van der Waals surface area contributed by atoms with Gasteiger partial charge in [0, 0.05) is 23.3 Å². The number of hydrogen-bond donors (Lipinski definition) is 1. The average molecular weight is 241 g/mol. The van der Waals surface area contributed by atoms with Crippen molar-refractivity contribution in [1.82, 2.24) is 0 Å². The number of aliphatic hydroxyl groups is 1. The quantitative estimate of drug-likeness (QED) is 0.707.